The summed E-state index contributed by atoms with van der Waals surface area (Å²) < 4.78 is 0. The van der Waals surface area contributed by atoms with Crippen molar-refractivity contribution < 1.29 is 9.59 Å². The fraction of sp³-hybridized carbons (Fsp3) is 0.429. The molecular weight excluding hydrogens is 228 g/mol. The number of rotatable bonds is 5. The average molecular weight is 248 g/mol. The minimum absolute atomic E-state index is 0.312. The third-order valence-corrected chi connectivity index (χ3v) is 2.53. The topological polar surface area (TPSA) is 49.4 Å². The summed E-state index contributed by atoms with van der Waals surface area (Å²) in [5.41, 5.74) is 0.499. The van der Waals surface area contributed by atoms with E-state index in [-0.39, 0.29) is 11.9 Å². The Hall–Kier alpha value is -1.84. The van der Waals surface area contributed by atoms with Crippen molar-refractivity contribution >= 4 is 11.9 Å². The van der Waals surface area contributed by atoms with Gasteiger partial charge in [0.05, 0.1) is 0 Å². The fourth-order valence-electron chi connectivity index (χ4n) is 1.69. The quantitative estimate of drug-likeness (QED) is 0.871. The number of hydrogen-bond acceptors (Lipinski definition) is 2. The van der Waals surface area contributed by atoms with E-state index < -0.39 is 0 Å². The van der Waals surface area contributed by atoms with Crippen LogP contribution in [0.3, 0.4) is 0 Å². The molecule has 0 saturated heterocycles. The lowest BCUT2D eigenvalue weighted by atomic mass is 10.2. The SMILES string of the molecule is CCCN(CCC)C(=O)NC(=O)c1ccccc1. The van der Waals surface area contributed by atoms with Gasteiger partial charge in [0.1, 0.15) is 0 Å². The van der Waals surface area contributed by atoms with E-state index >= 15 is 0 Å². The van der Waals surface area contributed by atoms with Crippen molar-refractivity contribution in [2.75, 3.05) is 13.1 Å². The van der Waals surface area contributed by atoms with E-state index in [0.29, 0.717) is 18.7 Å². The second-order valence-corrected chi connectivity index (χ2v) is 4.11. The van der Waals surface area contributed by atoms with E-state index in [0.717, 1.165) is 12.8 Å². The molecule has 0 saturated carbocycles. The number of benzene rings is 1. The van der Waals surface area contributed by atoms with Gasteiger partial charge in [-0.3, -0.25) is 10.1 Å². The highest BCUT2D eigenvalue weighted by atomic mass is 16.2. The number of carbonyl (C=O) groups is 2. The van der Waals surface area contributed by atoms with Crippen LogP contribution in [-0.2, 0) is 0 Å². The lowest BCUT2D eigenvalue weighted by Crippen LogP contribution is -2.43. The Balaban J connectivity index is 2.60. The van der Waals surface area contributed by atoms with Crippen molar-refractivity contribution in [3.05, 3.63) is 35.9 Å². The van der Waals surface area contributed by atoms with Gasteiger partial charge >= 0.3 is 6.03 Å². The van der Waals surface area contributed by atoms with E-state index in [1.807, 2.05) is 19.9 Å². The van der Waals surface area contributed by atoms with Crippen LogP contribution in [0.4, 0.5) is 4.79 Å². The van der Waals surface area contributed by atoms with Gasteiger partial charge in [-0.25, -0.2) is 4.79 Å². The Labute approximate surface area is 108 Å². The van der Waals surface area contributed by atoms with Crippen LogP contribution in [0.1, 0.15) is 37.0 Å². The first-order chi connectivity index (χ1) is 8.69. The first-order valence-electron chi connectivity index (χ1n) is 6.34. The summed E-state index contributed by atoms with van der Waals surface area (Å²) in [6.07, 6.45) is 1.76. The molecule has 98 valence electrons. The van der Waals surface area contributed by atoms with Gasteiger partial charge in [-0.1, -0.05) is 32.0 Å². The van der Waals surface area contributed by atoms with Crippen LogP contribution in [-0.4, -0.2) is 29.9 Å². The van der Waals surface area contributed by atoms with Crippen molar-refractivity contribution in [3.63, 3.8) is 0 Å². The molecule has 4 nitrogen and oxygen atoms in total. The summed E-state index contributed by atoms with van der Waals surface area (Å²) in [7, 11) is 0. The lowest BCUT2D eigenvalue weighted by molar-refractivity contribution is 0.0951. The standard InChI is InChI=1S/C14H20N2O2/c1-3-10-16(11-4-2)14(18)15-13(17)12-8-6-5-7-9-12/h5-9H,3-4,10-11H2,1-2H3,(H,15,17,18). The lowest BCUT2D eigenvalue weighted by Gasteiger charge is -2.21. The molecule has 0 spiro atoms. The van der Waals surface area contributed by atoms with E-state index in [2.05, 4.69) is 5.32 Å². The molecule has 0 radical (unpaired) electrons. The summed E-state index contributed by atoms with van der Waals surface area (Å²) in [6.45, 7) is 5.35. The molecule has 0 aromatic heterocycles. The van der Waals surface area contributed by atoms with Gasteiger partial charge < -0.3 is 4.90 Å². The van der Waals surface area contributed by atoms with Crippen LogP contribution in [0.25, 0.3) is 0 Å². The molecule has 0 atom stereocenters. The summed E-state index contributed by atoms with van der Waals surface area (Å²) in [4.78, 5) is 25.4. The zero-order valence-corrected chi connectivity index (χ0v) is 11.0. The largest absolute Gasteiger partial charge is 0.324 e. The first-order valence-corrected chi connectivity index (χ1v) is 6.34. The van der Waals surface area contributed by atoms with E-state index in [4.69, 9.17) is 0 Å². The number of nitrogens with zero attached hydrogens (tertiary/aromatic N) is 1. The maximum atomic E-state index is 11.9. The number of imide groups is 1. The molecular formula is C14H20N2O2. The second-order valence-electron chi connectivity index (χ2n) is 4.11. The van der Waals surface area contributed by atoms with Gasteiger partial charge in [-0.15, -0.1) is 0 Å². The van der Waals surface area contributed by atoms with Gasteiger partial charge in [0.15, 0.2) is 0 Å². The van der Waals surface area contributed by atoms with Gasteiger partial charge in [-0.2, -0.15) is 0 Å². The molecule has 0 unspecified atom stereocenters. The fourth-order valence-corrected chi connectivity index (χ4v) is 1.69. The third-order valence-electron chi connectivity index (χ3n) is 2.53. The molecule has 1 rings (SSSR count). The molecule has 0 aliphatic carbocycles. The summed E-state index contributed by atoms with van der Waals surface area (Å²) >= 11 is 0. The van der Waals surface area contributed by atoms with Gasteiger partial charge in [-0.05, 0) is 25.0 Å². The van der Waals surface area contributed by atoms with E-state index in [1.165, 1.54) is 0 Å². The number of amides is 3. The minimum atomic E-state index is -0.349. The van der Waals surface area contributed by atoms with Crippen molar-refractivity contribution in [1.82, 2.24) is 10.2 Å². The number of nitrogens with one attached hydrogen (secondary N) is 1. The van der Waals surface area contributed by atoms with Crippen LogP contribution < -0.4 is 5.32 Å². The molecule has 1 N–H and O–H groups in total. The summed E-state index contributed by atoms with van der Waals surface area (Å²) in [5.74, 6) is -0.349. The third kappa shape index (κ3) is 4.20. The molecule has 3 amide bonds. The van der Waals surface area contributed by atoms with Crippen molar-refractivity contribution in [2.45, 2.75) is 26.7 Å². The van der Waals surface area contributed by atoms with Gasteiger partial charge in [0.2, 0.25) is 0 Å². The second kappa shape index (κ2) is 7.48. The molecule has 0 bridgehead atoms. The van der Waals surface area contributed by atoms with Gasteiger partial charge in [0.25, 0.3) is 5.91 Å². The Kier molecular flexibility index (Phi) is 5.91. The Morgan fingerprint density at radius 3 is 2.11 bits per heavy atom. The highest BCUT2D eigenvalue weighted by Gasteiger charge is 2.15. The normalized spacial score (nSPS) is 9.89. The molecule has 4 heteroatoms. The maximum Gasteiger partial charge on any atom is 0.324 e. The molecule has 0 heterocycles. The van der Waals surface area contributed by atoms with E-state index in [9.17, 15) is 9.59 Å². The molecule has 0 aliphatic heterocycles. The van der Waals surface area contributed by atoms with Crippen molar-refractivity contribution in [3.8, 4) is 0 Å². The molecule has 18 heavy (non-hydrogen) atoms. The minimum Gasteiger partial charge on any atom is -0.324 e. The summed E-state index contributed by atoms with van der Waals surface area (Å²) in [5, 5.41) is 2.41. The Morgan fingerprint density at radius 2 is 1.61 bits per heavy atom. The maximum absolute atomic E-state index is 11.9. The molecule has 1 aromatic carbocycles. The van der Waals surface area contributed by atoms with Gasteiger partial charge in [0, 0.05) is 18.7 Å². The number of urea groups is 1. The Bertz CT molecular complexity index is 384. The highest BCUT2D eigenvalue weighted by molar-refractivity contribution is 6.04. The number of carbonyl (C=O) groups excluding carboxylic acids is 2. The predicted molar refractivity (Wildman–Crippen MR) is 71.5 cm³/mol. The zero-order valence-electron chi connectivity index (χ0n) is 11.0. The van der Waals surface area contributed by atoms with Crippen molar-refractivity contribution in [1.29, 1.82) is 0 Å². The van der Waals surface area contributed by atoms with E-state index in [1.54, 1.807) is 29.2 Å². The van der Waals surface area contributed by atoms with Crippen LogP contribution in [0.2, 0.25) is 0 Å². The van der Waals surface area contributed by atoms with Crippen LogP contribution in [0.5, 0.6) is 0 Å². The van der Waals surface area contributed by atoms with Crippen molar-refractivity contribution in [2.24, 2.45) is 0 Å². The zero-order chi connectivity index (χ0) is 13.4. The predicted octanol–water partition coefficient (Wildman–Crippen LogP) is 2.66. The summed E-state index contributed by atoms with van der Waals surface area (Å²) in [6, 6.07) is 8.44. The van der Waals surface area contributed by atoms with Crippen LogP contribution in [0.15, 0.2) is 30.3 Å². The van der Waals surface area contributed by atoms with Crippen LogP contribution in [0, 0.1) is 0 Å². The highest BCUT2D eigenvalue weighted by Crippen LogP contribution is 2.00. The average Bonchev–Trinajstić information content (AvgIpc) is 2.39. The molecule has 1 aromatic rings. The first kappa shape index (κ1) is 14.2. The monoisotopic (exact) mass is 248 g/mol. The number of hydrogen-bond donors (Lipinski definition) is 1. The smallest absolute Gasteiger partial charge is 0.324 e. The van der Waals surface area contributed by atoms with Crippen LogP contribution >= 0.6 is 0 Å². The Morgan fingerprint density at radius 1 is 1.06 bits per heavy atom. The molecule has 0 aliphatic rings. The molecule has 0 fully saturated rings.